The van der Waals surface area contributed by atoms with E-state index in [1.165, 1.54) is 18.2 Å². The van der Waals surface area contributed by atoms with E-state index < -0.39 is 47.2 Å². The van der Waals surface area contributed by atoms with Crippen molar-refractivity contribution in [2.24, 2.45) is 0 Å². The molecule has 0 fully saturated rings. The van der Waals surface area contributed by atoms with Gasteiger partial charge in [-0.1, -0.05) is 18.2 Å². The summed E-state index contributed by atoms with van der Waals surface area (Å²) in [6, 6.07) is 5.73. The van der Waals surface area contributed by atoms with Gasteiger partial charge in [0.05, 0.1) is 28.1 Å². The van der Waals surface area contributed by atoms with Gasteiger partial charge >= 0.3 is 11.9 Å². The lowest BCUT2D eigenvalue weighted by atomic mass is 9.79. The van der Waals surface area contributed by atoms with Crippen LogP contribution in [0.3, 0.4) is 0 Å². The van der Waals surface area contributed by atoms with E-state index in [9.17, 15) is 29.8 Å². The summed E-state index contributed by atoms with van der Waals surface area (Å²) in [4.78, 5) is 51.3. The summed E-state index contributed by atoms with van der Waals surface area (Å²) in [5, 5.41) is 23.9. The number of esters is 2. The number of benzene rings is 1. The van der Waals surface area contributed by atoms with Crippen LogP contribution in [-0.2, 0) is 23.9 Å². The summed E-state index contributed by atoms with van der Waals surface area (Å²) >= 11 is 0. The number of carbonyl (C=O) groups excluding carboxylic acids is 2. The second-order valence-corrected chi connectivity index (χ2v) is 7.10. The van der Waals surface area contributed by atoms with Gasteiger partial charge in [-0.15, -0.1) is 10.1 Å². The zero-order chi connectivity index (χ0) is 24.0. The van der Waals surface area contributed by atoms with Crippen LogP contribution in [0.15, 0.2) is 46.8 Å². The summed E-state index contributed by atoms with van der Waals surface area (Å²) in [6.45, 7) is 5.51. The fourth-order valence-corrected chi connectivity index (χ4v) is 3.35. The zero-order valence-electron chi connectivity index (χ0n) is 17.9. The van der Waals surface area contributed by atoms with Gasteiger partial charge in [-0.25, -0.2) is 9.59 Å². The Labute approximate surface area is 183 Å². The first kappa shape index (κ1) is 24.3. The molecule has 12 heteroatoms. The molecule has 1 aromatic carbocycles. The van der Waals surface area contributed by atoms with E-state index in [1.54, 1.807) is 33.8 Å². The molecule has 32 heavy (non-hydrogen) atoms. The van der Waals surface area contributed by atoms with E-state index in [4.69, 9.17) is 9.47 Å². The molecule has 0 radical (unpaired) electrons. The molecule has 0 bridgehead atoms. The van der Waals surface area contributed by atoms with Crippen LogP contribution in [0.5, 0.6) is 0 Å². The van der Waals surface area contributed by atoms with Gasteiger partial charge in [0.1, 0.15) is 13.2 Å². The normalized spacial score (nSPS) is 15.8. The Morgan fingerprint density at radius 2 is 1.62 bits per heavy atom. The number of hydrogen-bond donors (Lipinski definition) is 1. The van der Waals surface area contributed by atoms with E-state index >= 15 is 0 Å². The van der Waals surface area contributed by atoms with Crippen LogP contribution < -0.4 is 5.32 Å². The maximum absolute atomic E-state index is 12.9. The number of rotatable bonds is 9. The van der Waals surface area contributed by atoms with Crippen LogP contribution >= 0.6 is 0 Å². The van der Waals surface area contributed by atoms with Gasteiger partial charge in [-0.05, 0) is 27.7 Å². The molecule has 0 aliphatic carbocycles. The molecular weight excluding hydrogens is 426 g/mol. The van der Waals surface area contributed by atoms with E-state index in [1.807, 2.05) is 0 Å². The first-order valence-electron chi connectivity index (χ1n) is 9.61. The highest BCUT2D eigenvalue weighted by Gasteiger charge is 2.41. The maximum atomic E-state index is 12.9. The van der Waals surface area contributed by atoms with E-state index in [0.717, 1.165) is 0 Å². The van der Waals surface area contributed by atoms with E-state index in [2.05, 4.69) is 10.2 Å². The lowest BCUT2D eigenvalue weighted by molar-refractivity contribution is -0.757. The third-order valence-corrected chi connectivity index (χ3v) is 4.50. The van der Waals surface area contributed by atoms with Crippen molar-refractivity contribution >= 4 is 17.6 Å². The fourth-order valence-electron chi connectivity index (χ4n) is 3.35. The first-order chi connectivity index (χ1) is 15.0. The van der Waals surface area contributed by atoms with Crippen molar-refractivity contribution in [2.45, 2.75) is 39.7 Å². The smallest absolute Gasteiger partial charge is 0.337 e. The van der Waals surface area contributed by atoms with Crippen molar-refractivity contribution in [1.82, 2.24) is 5.32 Å². The lowest BCUT2D eigenvalue weighted by Gasteiger charge is -2.30. The minimum atomic E-state index is -1.16. The van der Waals surface area contributed by atoms with Crippen LogP contribution in [0.4, 0.5) is 5.69 Å². The lowest BCUT2D eigenvalue weighted by Crippen LogP contribution is -2.33. The molecule has 0 saturated heterocycles. The number of hydrogen-bond acceptors (Lipinski definition) is 10. The number of nitro groups is 1. The molecule has 1 aliphatic heterocycles. The highest BCUT2D eigenvalue weighted by Crippen LogP contribution is 2.42. The quantitative estimate of drug-likeness (QED) is 0.257. The average molecular weight is 449 g/mol. The standard InChI is InChI=1S/C20H23N3O9/c1-11(2)32-20(25)17-13(4)21-12(3)16(19(24)30-9-10-31-23(28)29)18(17)14-7-5-6-8-15(14)22(26)27/h5-8,11,18,21H,9-10H2,1-4H3. The van der Waals surface area contributed by atoms with Crippen molar-refractivity contribution in [3.8, 4) is 0 Å². The fraction of sp³-hybridized carbons (Fsp3) is 0.400. The molecule has 1 aromatic rings. The third kappa shape index (κ3) is 5.59. The molecule has 1 N–H and O–H groups in total. The van der Waals surface area contributed by atoms with Gasteiger partial charge < -0.3 is 19.6 Å². The second kappa shape index (κ2) is 10.4. The number of ether oxygens (including phenoxy) is 2. The Kier molecular flexibility index (Phi) is 7.88. The highest BCUT2D eigenvalue weighted by molar-refractivity contribution is 6.00. The van der Waals surface area contributed by atoms with Crippen LogP contribution in [0.1, 0.15) is 39.2 Å². The minimum absolute atomic E-state index is 0.0205. The van der Waals surface area contributed by atoms with Crippen LogP contribution in [0, 0.1) is 20.2 Å². The molecular formula is C20H23N3O9. The van der Waals surface area contributed by atoms with Gasteiger partial charge in [0.15, 0.2) is 0 Å². The predicted molar refractivity (Wildman–Crippen MR) is 110 cm³/mol. The van der Waals surface area contributed by atoms with Gasteiger partial charge in [-0.3, -0.25) is 10.1 Å². The molecule has 1 atom stereocenters. The number of nitrogens with zero attached hydrogens (tertiary/aromatic N) is 2. The second-order valence-electron chi connectivity index (χ2n) is 7.10. The monoisotopic (exact) mass is 449 g/mol. The minimum Gasteiger partial charge on any atom is -0.460 e. The molecule has 2 rings (SSSR count). The Hall–Kier alpha value is -3.96. The molecule has 0 aromatic heterocycles. The molecule has 0 spiro atoms. The van der Waals surface area contributed by atoms with Crippen LogP contribution in [0.2, 0.25) is 0 Å². The van der Waals surface area contributed by atoms with Crippen LogP contribution in [0.25, 0.3) is 0 Å². The molecule has 172 valence electrons. The molecule has 1 unspecified atom stereocenters. The van der Waals surface area contributed by atoms with Crippen molar-refractivity contribution in [3.63, 3.8) is 0 Å². The summed E-state index contributed by atoms with van der Waals surface area (Å²) in [5.74, 6) is -2.82. The molecule has 12 nitrogen and oxygen atoms in total. The molecule has 0 saturated carbocycles. The van der Waals surface area contributed by atoms with E-state index in [-0.39, 0.29) is 22.4 Å². The summed E-state index contributed by atoms with van der Waals surface area (Å²) in [7, 11) is 0. The summed E-state index contributed by atoms with van der Waals surface area (Å²) in [6.07, 6.45) is -0.476. The highest BCUT2D eigenvalue weighted by atomic mass is 17.0. The summed E-state index contributed by atoms with van der Waals surface area (Å²) in [5.41, 5.74) is 0.448. The van der Waals surface area contributed by atoms with E-state index in [0.29, 0.717) is 11.4 Å². The summed E-state index contributed by atoms with van der Waals surface area (Å²) < 4.78 is 10.4. The zero-order valence-corrected chi connectivity index (χ0v) is 17.9. The van der Waals surface area contributed by atoms with Crippen molar-refractivity contribution in [2.75, 3.05) is 13.2 Å². The van der Waals surface area contributed by atoms with Gasteiger partial charge in [-0.2, -0.15) is 0 Å². The average Bonchev–Trinajstić information content (AvgIpc) is 2.69. The van der Waals surface area contributed by atoms with Crippen molar-refractivity contribution in [1.29, 1.82) is 0 Å². The van der Waals surface area contributed by atoms with Crippen molar-refractivity contribution < 1.29 is 33.9 Å². The molecule has 0 amide bonds. The third-order valence-electron chi connectivity index (χ3n) is 4.50. The Morgan fingerprint density at radius 3 is 2.19 bits per heavy atom. The number of carbonyl (C=O) groups is 2. The Bertz CT molecular complexity index is 998. The molecule has 1 aliphatic rings. The van der Waals surface area contributed by atoms with Gasteiger partial charge in [0.25, 0.3) is 10.8 Å². The van der Waals surface area contributed by atoms with Crippen molar-refractivity contribution in [3.05, 3.63) is 72.6 Å². The number of nitro benzene ring substituents is 1. The maximum Gasteiger partial charge on any atom is 0.337 e. The SMILES string of the molecule is CC1=C(C(=O)OCCO[N+](=O)[O-])C(c2ccccc2[N+](=O)[O-])C(C(=O)OC(C)C)=C(C)N1. The number of nitrogens with one attached hydrogen (secondary N) is 1. The number of para-hydroxylation sites is 1. The van der Waals surface area contributed by atoms with Crippen LogP contribution in [-0.4, -0.2) is 41.3 Å². The first-order valence-corrected chi connectivity index (χ1v) is 9.61. The largest absolute Gasteiger partial charge is 0.460 e. The molecule has 1 heterocycles. The number of allylic oxidation sites excluding steroid dienone is 2. The predicted octanol–water partition coefficient (Wildman–Crippen LogP) is 2.53. The Morgan fingerprint density at radius 1 is 1.03 bits per heavy atom. The topological polar surface area (TPSA) is 160 Å². The Balaban J connectivity index is 2.57. The number of dihydropyridines is 1. The van der Waals surface area contributed by atoms with Gasteiger partial charge in [0.2, 0.25) is 0 Å². The van der Waals surface area contributed by atoms with Gasteiger partial charge in [0, 0.05) is 23.0 Å².